The number of aromatic nitrogens is 2. The van der Waals surface area contributed by atoms with Crippen LogP contribution in [0, 0.1) is 19.7 Å². The molecule has 134 valence electrons. The van der Waals surface area contributed by atoms with Gasteiger partial charge in [0, 0.05) is 19.2 Å². The highest BCUT2D eigenvalue weighted by Gasteiger charge is 2.04. The Balaban J connectivity index is 1.59. The van der Waals surface area contributed by atoms with E-state index >= 15 is 0 Å². The Morgan fingerprint density at radius 3 is 2.42 bits per heavy atom. The molecule has 1 aromatic heterocycles. The maximum atomic E-state index is 13.7. The van der Waals surface area contributed by atoms with Crippen molar-refractivity contribution in [3.05, 3.63) is 82.9 Å². The van der Waals surface area contributed by atoms with E-state index in [0.29, 0.717) is 30.9 Å². The molecule has 2 aromatic carbocycles. The predicted octanol–water partition coefficient (Wildman–Crippen LogP) is 4.50. The molecule has 0 amide bonds. The van der Waals surface area contributed by atoms with Crippen LogP contribution in [0.2, 0.25) is 0 Å². The first-order valence-electron chi connectivity index (χ1n) is 8.72. The molecule has 0 atom stereocenters. The fourth-order valence-electron chi connectivity index (χ4n) is 2.79. The largest absolute Gasteiger partial charge is 0.370 e. The average molecular weight is 350 g/mol. The van der Waals surface area contributed by atoms with E-state index in [1.807, 2.05) is 25.1 Å². The molecule has 5 heteroatoms. The van der Waals surface area contributed by atoms with Crippen molar-refractivity contribution in [1.29, 1.82) is 0 Å². The first kappa shape index (κ1) is 17.9. The Hall–Kier alpha value is -2.95. The van der Waals surface area contributed by atoms with E-state index in [9.17, 15) is 4.39 Å². The molecule has 0 aliphatic carbocycles. The molecule has 0 unspecified atom stereocenters. The van der Waals surface area contributed by atoms with Gasteiger partial charge in [0.05, 0.1) is 0 Å². The van der Waals surface area contributed by atoms with E-state index in [1.165, 1.54) is 17.2 Å². The van der Waals surface area contributed by atoms with Gasteiger partial charge in [-0.05, 0) is 37.5 Å². The lowest BCUT2D eigenvalue weighted by molar-refractivity contribution is 0.610. The van der Waals surface area contributed by atoms with Crippen LogP contribution in [0.4, 0.5) is 16.0 Å². The molecule has 0 saturated heterocycles. The van der Waals surface area contributed by atoms with Crippen LogP contribution in [0.3, 0.4) is 0 Å². The van der Waals surface area contributed by atoms with Gasteiger partial charge >= 0.3 is 0 Å². The summed E-state index contributed by atoms with van der Waals surface area (Å²) in [6, 6.07) is 17.1. The zero-order valence-corrected chi connectivity index (χ0v) is 15.1. The molecule has 0 aliphatic rings. The number of hydrogen-bond donors (Lipinski definition) is 2. The molecule has 0 aliphatic heterocycles. The Bertz CT molecular complexity index is 879. The molecule has 0 spiro atoms. The fraction of sp³-hybridized carbons (Fsp3) is 0.238. The molecule has 3 rings (SSSR count). The average Bonchev–Trinajstić information content (AvgIpc) is 2.61. The second kappa shape index (κ2) is 8.43. The Labute approximate surface area is 153 Å². The summed E-state index contributed by atoms with van der Waals surface area (Å²) in [4.78, 5) is 8.83. The van der Waals surface area contributed by atoms with Gasteiger partial charge in [0.25, 0.3) is 0 Å². The zero-order chi connectivity index (χ0) is 18.4. The first-order valence-corrected chi connectivity index (χ1v) is 8.72. The number of benzene rings is 2. The number of nitrogens with zero attached hydrogens (tertiary/aromatic N) is 2. The van der Waals surface area contributed by atoms with Gasteiger partial charge in [-0.25, -0.2) is 14.4 Å². The SMILES string of the molecule is Cc1cccc(CNc2cc(NCCc3ccccc3F)nc(C)n2)c1. The van der Waals surface area contributed by atoms with Gasteiger partial charge in [-0.15, -0.1) is 0 Å². The van der Waals surface area contributed by atoms with Crippen LogP contribution >= 0.6 is 0 Å². The second-order valence-corrected chi connectivity index (χ2v) is 6.30. The van der Waals surface area contributed by atoms with Crippen molar-refractivity contribution < 1.29 is 4.39 Å². The molecular weight excluding hydrogens is 327 g/mol. The predicted molar refractivity (Wildman–Crippen MR) is 104 cm³/mol. The summed E-state index contributed by atoms with van der Waals surface area (Å²) in [6.07, 6.45) is 0.599. The molecule has 0 radical (unpaired) electrons. The third-order valence-electron chi connectivity index (χ3n) is 4.05. The van der Waals surface area contributed by atoms with E-state index in [1.54, 1.807) is 12.1 Å². The van der Waals surface area contributed by atoms with Crippen molar-refractivity contribution in [2.24, 2.45) is 0 Å². The molecule has 26 heavy (non-hydrogen) atoms. The summed E-state index contributed by atoms with van der Waals surface area (Å²) >= 11 is 0. The number of anilines is 2. The third-order valence-corrected chi connectivity index (χ3v) is 4.05. The quantitative estimate of drug-likeness (QED) is 0.659. The van der Waals surface area contributed by atoms with Crippen LogP contribution in [-0.2, 0) is 13.0 Å². The second-order valence-electron chi connectivity index (χ2n) is 6.30. The Morgan fingerprint density at radius 1 is 0.885 bits per heavy atom. The number of nitrogens with one attached hydrogen (secondary N) is 2. The van der Waals surface area contributed by atoms with Gasteiger partial charge in [-0.1, -0.05) is 48.0 Å². The topological polar surface area (TPSA) is 49.8 Å². The minimum Gasteiger partial charge on any atom is -0.370 e. The molecule has 0 saturated carbocycles. The monoisotopic (exact) mass is 350 g/mol. The normalized spacial score (nSPS) is 10.6. The van der Waals surface area contributed by atoms with Gasteiger partial charge in [-0.3, -0.25) is 0 Å². The summed E-state index contributed by atoms with van der Waals surface area (Å²) in [5.74, 6) is 2.02. The van der Waals surface area contributed by atoms with Crippen molar-refractivity contribution in [3.8, 4) is 0 Å². The van der Waals surface area contributed by atoms with Crippen LogP contribution in [0.15, 0.2) is 54.6 Å². The van der Waals surface area contributed by atoms with Crippen LogP contribution in [0.1, 0.15) is 22.5 Å². The van der Waals surface area contributed by atoms with Gasteiger partial charge in [0.1, 0.15) is 23.3 Å². The van der Waals surface area contributed by atoms with Gasteiger partial charge in [-0.2, -0.15) is 0 Å². The van der Waals surface area contributed by atoms with E-state index < -0.39 is 0 Å². The van der Waals surface area contributed by atoms with Gasteiger partial charge < -0.3 is 10.6 Å². The maximum absolute atomic E-state index is 13.7. The van der Waals surface area contributed by atoms with Crippen LogP contribution in [0.25, 0.3) is 0 Å². The number of aryl methyl sites for hydroxylation is 2. The smallest absolute Gasteiger partial charge is 0.132 e. The van der Waals surface area contributed by atoms with Gasteiger partial charge in [0.15, 0.2) is 0 Å². The lowest BCUT2D eigenvalue weighted by Crippen LogP contribution is -2.10. The lowest BCUT2D eigenvalue weighted by atomic mass is 10.1. The zero-order valence-electron chi connectivity index (χ0n) is 15.1. The molecule has 4 nitrogen and oxygen atoms in total. The van der Waals surface area contributed by atoms with Crippen molar-refractivity contribution in [3.63, 3.8) is 0 Å². The number of rotatable bonds is 7. The third kappa shape index (κ3) is 5.02. The Morgan fingerprint density at radius 2 is 1.65 bits per heavy atom. The molecule has 3 aromatic rings. The summed E-state index contributed by atoms with van der Waals surface area (Å²) < 4.78 is 13.7. The minimum absolute atomic E-state index is 0.173. The summed E-state index contributed by atoms with van der Waals surface area (Å²) in [6.45, 7) is 5.25. The standard InChI is InChI=1S/C21H23FN4/c1-15-6-5-7-17(12-15)14-24-21-13-20(25-16(2)26-21)23-11-10-18-8-3-4-9-19(18)22/h3-9,12-13H,10-11,14H2,1-2H3,(H2,23,24,25,26). The minimum atomic E-state index is -0.173. The van der Waals surface area contributed by atoms with Crippen LogP contribution in [-0.4, -0.2) is 16.5 Å². The molecule has 0 fully saturated rings. The summed E-state index contributed by atoms with van der Waals surface area (Å²) in [5.41, 5.74) is 3.14. The van der Waals surface area contributed by atoms with E-state index in [-0.39, 0.29) is 5.82 Å². The fourth-order valence-corrected chi connectivity index (χ4v) is 2.79. The highest BCUT2D eigenvalue weighted by Crippen LogP contribution is 2.14. The molecule has 1 heterocycles. The number of halogens is 1. The first-order chi connectivity index (χ1) is 12.6. The molecule has 2 N–H and O–H groups in total. The summed E-state index contributed by atoms with van der Waals surface area (Å²) in [5, 5.41) is 6.59. The Kier molecular flexibility index (Phi) is 5.79. The van der Waals surface area contributed by atoms with Crippen molar-refractivity contribution >= 4 is 11.6 Å². The van der Waals surface area contributed by atoms with Crippen LogP contribution in [0.5, 0.6) is 0 Å². The van der Waals surface area contributed by atoms with E-state index in [4.69, 9.17) is 0 Å². The van der Waals surface area contributed by atoms with Crippen molar-refractivity contribution in [2.45, 2.75) is 26.8 Å². The van der Waals surface area contributed by atoms with Crippen molar-refractivity contribution in [1.82, 2.24) is 9.97 Å². The number of hydrogen-bond acceptors (Lipinski definition) is 4. The van der Waals surface area contributed by atoms with Crippen LogP contribution < -0.4 is 10.6 Å². The lowest BCUT2D eigenvalue weighted by Gasteiger charge is -2.11. The highest BCUT2D eigenvalue weighted by molar-refractivity contribution is 5.48. The highest BCUT2D eigenvalue weighted by atomic mass is 19.1. The molecular formula is C21H23FN4. The van der Waals surface area contributed by atoms with Crippen molar-refractivity contribution in [2.75, 3.05) is 17.2 Å². The van der Waals surface area contributed by atoms with Gasteiger partial charge in [0.2, 0.25) is 0 Å². The molecule has 0 bridgehead atoms. The summed E-state index contributed by atoms with van der Waals surface area (Å²) in [7, 11) is 0. The van der Waals surface area contributed by atoms with E-state index in [2.05, 4.69) is 45.7 Å². The van der Waals surface area contributed by atoms with E-state index in [0.717, 1.165) is 11.6 Å². The maximum Gasteiger partial charge on any atom is 0.132 e.